The van der Waals surface area contributed by atoms with Crippen molar-refractivity contribution in [3.8, 4) is 0 Å². The van der Waals surface area contributed by atoms with E-state index in [2.05, 4.69) is 15.2 Å². The van der Waals surface area contributed by atoms with E-state index in [0.717, 1.165) is 16.5 Å². The molecule has 1 aromatic carbocycles. The van der Waals surface area contributed by atoms with Gasteiger partial charge >= 0.3 is 5.97 Å². The Morgan fingerprint density at radius 2 is 2.20 bits per heavy atom. The van der Waals surface area contributed by atoms with Crippen molar-refractivity contribution in [1.29, 1.82) is 0 Å². The normalized spacial score (nSPS) is 10.8. The number of hydrogen-bond acceptors (Lipinski definition) is 5. The molecule has 0 aliphatic rings. The molecule has 6 heteroatoms. The predicted molar refractivity (Wildman–Crippen MR) is 70.8 cm³/mol. The lowest BCUT2D eigenvalue weighted by atomic mass is 10.1. The topological polar surface area (TPSA) is 81.0 Å². The summed E-state index contributed by atoms with van der Waals surface area (Å²) >= 11 is 0. The number of H-pyrrole nitrogens is 1. The highest BCUT2D eigenvalue weighted by molar-refractivity contribution is 5.87. The summed E-state index contributed by atoms with van der Waals surface area (Å²) in [4.78, 5) is 14.9. The number of carbonyl (C=O) groups is 1. The fraction of sp³-hybridized carbons (Fsp3) is 0.214. The van der Waals surface area contributed by atoms with Gasteiger partial charge in [0.05, 0.1) is 6.42 Å². The monoisotopic (exact) mass is 271 g/mol. The second kappa shape index (κ2) is 5.16. The summed E-state index contributed by atoms with van der Waals surface area (Å²) in [6.07, 6.45) is 2.03. The number of nitrogens with zero attached hydrogens (tertiary/aromatic N) is 2. The van der Waals surface area contributed by atoms with Crippen molar-refractivity contribution >= 4 is 16.9 Å². The van der Waals surface area contributed by atoms with Crippen molar-refractivity contribution in [2.45, 2.75) is 20.0 Å². The van der Waals surface area contributed by atoms with Crippen LogP contribution >= 0.6 is 0 Å². The molecule has 0 bridgehead atoms. The number of carbonyl (C=O) groups excluding carboxylic acids is 1. The Balaban J connectivity index is 1.64. The summed E-state index contributed by atoms with van der Waals surface area (Å²) in [5.41, 5.74) is 1.91. The molecule has 6 nitrogen and oxygen atoms in total. The van der Waals surface area contributed by atoms with Crippen LogP contribution in [-0.4, -0.2) is 21.2 Å². The molecule has 2 heterocycles. The lowest BCUT2D eigenvalue weighted by molar-refractivity contribution is -0.144. The molecule has 0 atom stereocenters. The third kappa shape index (κ3) is 2.54. The van der Waals surface area contributed by atoms with E-state index in [9.17, 15) is 4.79 Å². The fourth-order valence-corrected chi connectivity index (χ4v) is 2.02. The molecule has 0 radical (unpaired) electrons. The number of para-hydroxylation sites is 1. The number of esters is 1. The smallest absolute Gasteiger partial charge is 0.310 e. The Hall–Kier alpha value is -2.63. The zero-order valence-corrected chi connectivity index (χ0v) is 10.9. The van der Waals surface area contributed by atoms with E-state index in [0.29, 0.717) is 11.8 Å². The highest BCUT2D eigenvalue weighted by Gasteiger charge is 2.11. The van der Waals surface area contributed by atoms with Gasteiger partial charge in [-0.25, -0.2) is 0 Å². The molecular formula is C14H13N3O3. The van der Waals surface area contributed by atoms with Crippen LogP contribution in [0.4, 0.5) is 0 Å². The quantitative estimate of drug-likeness (QED) is 0.735. The van der Waals surface area contributed by atoms with Gasteiger partial charge in [-0.2, -0.15) is 0 Å². The third-order valence-electron chi connectivity index (χ3n) is 2.93. The van der Waals surface area contributed by atoms with Crippen LogP contribution < -0.4 is 0 Å². The van der Waals surface area contributed by atoms with E-state index in [1.54, 1.807) is 6.92 Å². The zero-order valence-electron chi connectivity index (χ0n) is 10.9. The van der Waals surface area contributed by atoms with Crippen LogP contribution in [0, 0.1) is 6.92 Å². The third-order valence-corrected chi connectivity index (χ3v) is 2.93. The van der Waals surface area contributed by atoms with Crippen LogP contribution in [0.2, 0.25) is 0 Å². The Labute approximate surface area is 114 Å². The first kappa shape index (κ1) is 12.4. The molecule has 0 unspecified atom stereocenters. The van der Waals surface area contributed by atoms with Gasteiger partial charge in [0.25, 0.3) is 5.89 Å². The van der Waals surface area contributed by atoms with E-state index >= 15 is 0 Å². The van der Waals surface area contributed by atoms with Crippen molar-refractivity contribution in [2.24, 2.45) is 0 Å². The standard InChI is InChI=1S/C14H13N3O3/c1-9-16-17-13(20-9)8-19-14(18)6-10-7-15-12-5-3-2-4-11(10)12/h2-5,7,15H,6,8H2,1H3. The number of nitrogens with one attached hydrogen (secondary N) is 1. The Bertz CT molecular complexity index is 745. The Morgan fingerprint density at radius 1 is 1.35 bits per heavy atom. The lowest BCUT2D eigenvalue weighted by Gasteiger charge is -2.01. The Kier molecular flexibility index (Phi) is 3.20. The van der Waals surface area contributed by atoms with Crippen molar-refractivity contribution in [2.75, 3.05) is 0 Å². The van der Waals surface area contributed by atoms with E-state index in [-0.39, 0.29) is 19.0 Å². The first-order chi connectivity index (χ1) is 9.72. The van der Waals surface area contributed by atoms with Gasteiger partial charge in [-0.1, -0.05) is 18.2 Å². The molecule has 1 N–H and O–H groups in total. The number of benzene rings is 1. The van der Waals surface area contributed by atoms with Crippen molar-refractivity contribution in [1.82, 2.24) is 15.2 Å². The molecule has 0 aliphatic carbocycles. The van der Waals surface area contributed by atoms with Crippen LogP contribution in [0.3, 0.4) is 0 Å². The van der Waals surface area contributed by atoms with Gasteiger partial charge in [-0.3, -0.25) is 4.79 Å². The van der Waals surface area contributed by atoms with Crippen molar-refractivity contribution < 1.29 is 13.9 Å². The maximum atomic E-state index is 11.8. The largest absolute Gasteiger partial charge is 0.455 e. The second-order valence-corrected chi connectivity index (χ2v) is 4.41. The average molecular weight is 271 g/mol. The molecule has 0 fully saturated rings. The molecule has 0 amide bonds. The van der Waals surface area contributed by atoms with Gasteiger partial charge in [0.2, 0.25) is 5.89 Å². The summed E-state index contributed by atoms with van der Waals surface area (Å²) < 4.78 is 10.2. The SMILES string of the molecule is Cc1nnc(COC(=O)Cc2c[nH]c3ccccc23)o1. The van der Waals surface area contributed by atoms with E-state index in [4.69, 9.17) is 9.15 Å². The number of hydrogen-bond donors (Lipinski definition) is 1. The maximum Gasteiger partial charge on any atom is 0.310 e. The molecule has 2 aromatic heterocycles. The van der Waals surface area contributed by atoms with Gasteiger partial charge in [-0.15, -0.1) is 10.2 Å². The number of ether oxygens (including phenoxy) is 1. The van der Waals surface area contributed by atoms with Gasteiger partial charge < -0.3 is 14.1 Å². The molecule has 3 aromatic rings. The van der Waals surface area contributed by atoms with Crippen molar-refractivity contribution in [3.05, 3.63) is 47.8 Å². The minimum atomic E-state index is -0.328. The maximum absolute atomic E-state index is 11.8. The Morgan fingerprint density at radius 3 is 3.00 bits per heavy atom. The van der Waals surface area contributed by atoms with Crippen LogP contribution in [0.25, 0.3) is 10.9 Å². The molecule has 0 spiro atoms. The zero-order chi connectivity index (χ0) is 13.9. The van der Waals surface area contributed by atoms with Gasteiger partial charge in [0.15, 0.2) is 6.61 Å². The van der Waals surface area contributed by atoms with Crippen LogP contribution in [-0.2, 0) is 22.6 Å². The lowest BCUT2D eigenvalue weighted by Crippen LogP contribution is -2.07. The number of rotatable bonds is 4. The summed E-state index contributed by atoms with van der Waals surface area (Å²) in [5.74, 6) is 0.424. The van der Waals surface area contributed by atoms with Gasteiger partial charge in [-0.05, 0) is 11.6 Å². The first-order valence-electron chi connectivity index (χ1n) is 6.22. The van der Waals surface area contributed by atoms with Crippen LogP contribution in [0.1, 0.15) is 17.3 Å². The molecule has 0 saturated carbocycles. The second-order valence-electron chi connectivity index (χ2n) is 4.41. The van der Waals surface area contributed by atoms with E-state index in [1.165, 1.54) is 0 Å². The molecule has 20 heavy (non-hydrogen) atoms. The highest BCUT2D eigenvalue weighted by Crippen LogP contribution is 2.18. The van der Waals surface area contributed by atoms with Crippen molar-refractivity contribution in [3.63, 3.8) is 0 Å². The minimum Gasteiger partial charge on any atom is -0.455 e. The summed E-state index contributed by atoms with van der Waals surface area (Å²) in [5, 5.41) is 8.46. The minimum absolute atomic E-state index is 0.00201. The summed E-state index contributed by atoms with van der Waals surface area (Å²) in [6, 6.07) is 7.81. The molecule has 0 saturated heterocycles. The highest BCUT2D eigenvalue weighted by atomic mass is 16.5. The number of aromatic amines is 1. The van der Waals surface area contributed by atoms with E-state index in [1.807, 2.05) is 30.5 Å². The average Bonchev–Trinajstić information content (AvgIpc) is 3.04. The predicted octanol–water partition coefficient (Wildman–Crippen LogP) is 2.15. The number of aryl methyl sites for hydroxylation is 1. The summed E-state index contributed by atoms with van der Waals surface area (Å²) in [7, 11) is 0. The number of aromatic nitrogens is 3. The van der Waals surface area contributed by atoms with E-state index < -0.39 is 0 Å². The first-order valence-corrected chi connectivity index (χ1v) is 6.22. The van der Waals surface area contributed by atoms with Gasteiger partial charge in [0.1, 0.15) is 0 Å². The fourth-order valence-electron chi connectivity index (χ4n) is 2.02. The molecule has 102 valence electrons. The van der Waals surface area contributed by atoms with Crippen LogP contribution in [0.5, 0.6) is 0 Å². The number of fused-ring (bicyclic) bond motifs is 1. The molecule has 0 aliphatic heterocycles. The summed E-state index contributed by atoms with van der Waals surface area (Å²) in [6.45, 7) is 1.69. The van der Waals surface area contributed by atoms with Gasteiger partial charge in [0, 0.05) is 24.0 Å². The molecular weight excluding hydrogens is 258 g/mol. The van der Waals surface area contributed by atoms with Crippen LogP contribution in [0.15, 0.2) is 34.9 Å². The molecule has 3 rings (SSSR count).